The lowest BCUT2D eigenvalue weighted by molar-refractivity contribution is 0.0660. The van der Waals surface area contributed by atoms with Crippen molar-refractivity contribution < 1.29 is 13.2 Å². The maximum atomic E-state index is 13.0. The van der Waals surface area contributed by atoms with Crippen molar-refractivity contribution >= 4 is 15.9 Å². The lowest BCUT2D eigenvalue weighted by Gasteiger charge is -2.34. The Bertz CT molecular complexity index is 786. The zero-order chi connectivity index (χ0) is 19.6. The Morgan fingerprint density at radius 1 is 1.22 bits per heavy atom. The molecule has 1 aromatic carbocycles. The van der Waals surface area contributed by atoms with E-state index in [1.54, 1.807) is 19.1 Å². The van der Waals surface area contributed by atoms with Gasteiger partial charge in [-0.3, -0.25) is 4.79 Å². The third-order valence-corrected chi connectivity index (χ3v) is 7.55. The number of sulfonamides is 1. The van der Waals surface area contributed by atoms with E-state index < -0.39 is 10.0 Å². The molecule has 2 aliphatic rings. The molecule has 1 heterocycles. The molecule has 0 aromatic heterocycles. The third kappa shape index (κ3) is 4.70. The first-order valence-corrected chi connectivity index (χ1v) is 11.4. The van der Waals surface area contributed by atoms with E-state index in [-0.39, 0.29) is 22.9 Å². The first kappa shape index (κ1) is 20.3. The van der Waals surface area contributed by atoms with Gasteiger partial charge in [0, 0.05) is 30.7 Å². The molecule has 1 amide bonds. The van der Waals surface area contributed by atoms with Crippen LogP contribution in [0.2, 0.25) is 0 Å². The van der Waals surface area contributed by atoms with Crippen LogP contribution in [0.25, 0.3) is 0 Å². The molecule has 1 aromatic rings. The second kappa shape index (κ2) is 8.29. The summed E-state index contributed by atoms with van der Waals surface area (Å²) in [5.74, 6) is 0.179. The van der Waals surface area contributed by atoms with Gasteiger partial charge in [-0.15, -0.1) is 0 Å². The van der Waals surface area contributed by atoms with E-state index in [1.165, 1.54) is 6.07 Å². The number of benzene rings is 1. The van der Waals surface area contributed by atoms with Crippen LogP contribution in [0.3, 0.4) is 0 Å². The Kier molecular flexibility index (Phi) is 6.23. The fraction of sp³-hybridized carbons (Fsp3) is 0.650. The number of hydrogen-bond donors (Lipinski definition) is 2. The predicted octanol–water partition coefficient (Wildman–Crippen LogP) is 2.42. The van der Waals surface area contributed by atoms with Gasteiger partial charge in [-0.05, 0) is 63.1 Å². The molecule has 2 unspecified atom stereocenters. The van der Waals surface area contributed by atoms with Crippen LogP contribution < -0.4 is 10.5 Å². The van der Waals surface area contributed by atoms with Crippen molar-refractivity contribution in [2.45, 2.75) is 69.4 Å². The van der Waals surface area contributed by atoms with Gasteiger partial charge < -0.3 is 10.6 Å². The number of aryl methyl sites for hydroxylation is 1. The number of nitrogens with one attached hydrogen (secondary N) is 1. The number of nitrogens with two attached hydrogens (primary N) is 1. The van der Waals surface area contributed by atoms with Crippen LogP contribution in [-0.2, 0) is 10.0 Å². The number of nitrogens with zero attached hydrogens (tertiary/aromatic N) is 1. The molecule has 7 heteroatoms. The second-order valence-electron chi connectivity index (χ2n) is 8.10. The molecule has 1 aliphatic carbocycles. The van der Waals surface area contributed by atoms with Gasteiger partial charge in [0.25, 0.3) is 5.91 Å². The number of carbonyl (C=O) groups is 1. The molecular formula is C20H31N3O3S. The summed E-state index contributed by atoms with van der Waals surface area (Å²) < 4.78 is 28.5. The smallest absolute Gasteiger partial charge is 0.253 e. The van der Waals surface area contributed by atoms with Crippen molar-refractivity contribution in [1.29, 1.82) is 0 Å². The van der Waals surface area contributed by atoms with Gasteiger partial charge in [-0.25, -0.2) is 13.1 Å². The van der Waals surface area contributed by atoms with E-state index >= 15 is 0 Å². The average molecular weight is 394 g/mol. The molecule has 3 rings (SSSR count). The van der Waals surface area contributed by atoms with Crippen LogP contribution in [0.4, 0.5) is 0 Å². The fourth-order valence-corrected chi connectivity index (χ4v) is 5.73. The van der Waals surface area contributed by atoms with E-state index in [1.807, 2.05) is 11.8 Å². The summed E-state index contributed by atoms with van der Waals surface area (Å²) in [6.45, 7) is 5.07. The summed E-state index contributed by atoms with van der Waals surface area (Å²) in [5, 5.41) is 0. The van der Waals surface area contributed by atoms with Crippen LogP contribution >= 0.6 is 0 Å². The van der Waals surface area contributed by atoms with Crippen LogP contribution in [0.15, 0.2) is 23.1 Å². The van der Waals surface area contributed by atoms with Gasteiger partial charge in [0.1, 0.15) is 0 Å². The van der Waals surface area contributed by atoms with Gasteiger partial charge >= 0.3 is 0 Å². The lowest BCUT2D eigenvalue weighted by atomic mass is 9.92. The topological polar surface area (TPSA) is 92.5 Å². The molecule has 1 saturated carbocycles. The minimum atomic E-state index is -3.63. The minimum Gasteiger partial charge on any atom is -0.338 e. The largest absolute Gasteiger partial charge is 0.338 e. The van der Waals surface area contributed by atoms with Crippen molar-refractivity contribution in [3.8, 4) is 0 Å². The van der Waals surface area contributed by atoms with Gasteiger partial charge in [0.15, 0.2) is 0 Å². The van der Waals surface area contributed by atoms with Gasteiger partial charge in [-0.1, -0.05) is 18.9 Å². The Labute approximate surface area is 162 Å². The molecular weight excluding hydrogens is 362 g/mol. The second-order valence-corrected chi connectivity index (χ2v) is 9.78. The first-order chi connectivity index (χ1) is 12.8. The van der Waals surface area contributed by atoms with Gasteiger partial charge in [0.2, 0.25) is 10.0 Å². The highest BCUT2D eigenvalue weighted by Crippen LogP contribution is 2.25. The van der Waals surface area contributed by atoms with Crippen molar-refractivity contribution in [3.63, 3.8) is 0 Å². The molecule has 0 bridgehead atoms. The Morgan fingerprint density at radius 3 is 2.59 bits per heavy atom. The maximum absolute atomic E-state index is 13.0. The van der Waals surface area contributed by atoms with E-state index in [4.69, 9.17) is 5.73 Å². The quantitative estimate of drug-likeness (QED) is 0.803. The van der Waals surface area contributed by atoms with E-state index in [2.05, 4.69) is 4.72 Å². The van der Waals surface area contributed by atoms with E-state index in [0.29, 0.717) is 30.1 Å². The molecule has 0 radical (unpaired) electrons. The highest BCUT2D eigenvalue weighted by molar-refractivity contribution is 7.89. The highest BCUT2D eigenvalue weighted by atomic mass is 32.2. The van der Waals surface area contributed by atoms with Crippen molar-refractivity contribution in [2.75, 3.05) is 13.1 Å². The zero-order valence-corrected chi connectivity index (χ0v) is 17.1. The highest BCUT2D eigenvalue weighted by Gasteiger charge is 2.28. The van der Waals surface area contributed by atoms with Crippen molar-refractivity contribution in [2.24, 2.45) is 11.7 Å². The summed E-state index contributed by atoms with van der Waals surface area (Å²) in [7, 11) is -3.63. The molecule has 2 fully saturated rings. The summed E-state index contributed by atoms with van der Waals surface area (Å²) in [6.07, 6.45) is 5.83. The monoisotopic (exact) mass is 393 g/mol. The Morgan fingerprint density at radius 2 is 1.93 bits per heavy atom. The van der Waals surface area contributed by atoms with Crippen LogP contribution in [0, 0.1) is 12.8 Å². The SMILES string of the molecule is Cc1ccc(C(=O)N2CCCC(C(C)N)C2)cc1S(=O)(=O)NC1CCCC1. The van der Waals surface area contributed by atoms with Crippen LogP contribution in [0.1, 0.15) is 61.4 Å². The Hall–Kier alpha value is -1.44. The molecule has 2 atom stereocenters. The van der Waals surface area contributed by atoms with Crippen LogP contribution in [0.5, 0.6) is 0 Å². The van der Waals surface area contributed by atoms with Crippen molar-refractivity contribution in [3.05, 3.63) is 29.3 Å². The van der Waals surface area contributed by atoms with Crippen LogP contribution in [-0.4, -0.2) is 44.4 Å². The summed E-state index contributed by atoms with van der Waals surface area (Å²) in [5.41, 5.74) is 7.11. The number of hydrogen-bond acceptors (Lipinski definition) is 4. The van der Waals surface area contributed by atoms with Crippen molar-refractivity contribution in [1.82, 2.24) is 9.62 Å². The molecule has 27 heavy (non-hydrogen) atoms. The first-order valence-electron chi connectivity index (χ1n) is 9.96. The number of likely N-dealkylation sites (tertiary alicyclic amines) is 1. The predicted molar refractivity (Wildman–Crippen MR) is 106 cm³/mol. The third-order valence-electron chi connectivity index (χ3n) is 5.89. The lowest BCUT2D eigenvalue weighted by Crippen LogP contribution is -2.45. The number of piperidine rings is 1. The fourth-order valence-electron chi connectivity index (χ4n) is 4.16. The molecule has 1 saturated heterocycles. The van der Waals surface area contributed by atoms with E-state index in [0.717, 1.165) is 38.5 Å². The summed E-state index contributed by atoms with van der Waals surface area (Å²) in [4.78, 5) is 15.0. The molecule has 6 nitrogen and oxygen atoms in total. The average Bonchev–Trinajstić information content (AvgIpc) is 3.13. The normalized spacial score (nSPS) is 22.8. The van der Waals surface area contributed by atoms with Gasteiger partial charge in [-0.2, -0.15) is 0 Å². The summed E-state index contributed by atoms with van der Waals surface area (Å²) in [6, 6.07) is 5.03. The molecule has 3 N–H and O–H groups in total. The molecule has 150 valence electrons. The van der Waals surface area contributed by atoms with Gasteiger partial charge in [0.05, 0.1) is 4.90 Å². The maximum Gasteiger partial charge on any atom is 0.253 e. The minimum absolute atomic E-state index is 0.00246. The Balaban J connectivity index is 1.81. The standard InChI is InChI=1S/C20H31N3O3S/c1-14-9-10-16(20(24)23-11-5-6-17(13-23)15(2)21)12-19(14)27(25,26)22-18-7-3-4-8-18/h9-10,12,15,17-18,22H,3-8,11,13,21H2,1-2H3. The zero-order valence-electron chi connectivity index (χ0n) is 16.3. The number of carbonyl (C=O) groups excluding carboxylic acids is 1. The molecule has 1 aliphatic heterocycles. The summed E-state index contributed by atoms with van der Waals surface area (Å²) >= 11 is 0. The number of amides is 1. The molecule has 0 spiro atoms. The number of rotatable bonds is 5. The van der Waals surface area contributed by atoms with E-state index in [9.17, 15) is 13.2 Å².